The smallest absolute Gasteiger partial charge is 0.303 e. The first-order valence-electron chi connectivity index (χ1n) is 6.09. The molecule has 18 heavy (non-hydrogen) atoms. The number of carbonyl (C=O) groups is 1. The lowest BCUT2D eigenvalue weighted by atomic mass is 10.1. The van der Waals surface area contributed by atoms with Gasteiger partial charge < -0.3 is 5.11 Å². The summed E-state index contributed by atoms with van der Waals surface area (Å²) in [6, 6.07) is 6.43. The third-order valence-corrected chi connectivity index (χ3v) is 4.84. The van der Waals surface area contributed by atoms with Crippen molar-refractivity contribution in [3.63, 3.8) is 0 Å². The maximum absolute atomic E-state index is 10.4. The molecule has 0 aliphatic rings. The van der Waals surface area contributed by atoms with Crippen LogP contribution in [-0.4, -0.2) is 11.1 Å². The van der Waals surface area contributed by atoms with E-state index >= 15 is 0 Å². The fourth-order valence-corrected chi connectivity index (χ4v) is 3.79. The van der Waals surface area contributed by atoms with E-state index in [2.05, 4.69) is 29.0 Å². The number of carboxylic acids is 1. The zero-order chi connectivity index (χ0) is 12.8. The van der Waals surface area contributed by atoms with Crippen molar-refractivity contribution in [1.82, 2.24) is 0 Å². The van der Waals surface area contributed by atoms with Gasteiger partial charge in [-0.05, 0) is 47.7 Å². The molecule has 0 aliphatic heterocycles. The third-order valence-electron chi connectivity index (χ3n) is 2.83. The van der Waals surface area contributed by atoms with Gasteiger partial charge in [0.05, 0.1) is 0 Å². The number of unbranched alkanes of at least 4 members (excludes halogenated alkanes) is 2. The van der Waals surface area contributed by atoms with E-state index in [0.29, 0.717) is 6.42 Å². The SMILES string of the molecule is O=C(O)CCCCCc1ccsc1-c1cccs1. The molecule has 0 saturated carbocycles. The Kier molecular flexibility index (Phi) is 4.96. The van der Waals surface area contributed by atoms with Crippen molar-refractivity contribution in [3.8, 4) is 9.75 Å². The number of hydrogen-bond donors (Lipinski definition) is 1. The summed E-state index contributed by atoms with van der Waals surface area (Å²) in [5.41, 5.74) is 1.40. The Morgan fingerprint density at radius 2 is 2.00 bits per heavy atom. The minimum Gasteiger partial charge on any atom is -0.481 e. The lowest BCUT2D eigenvalue weighted by molar-refractivity contribution is -0.137. The van der Waals surface area contributed by atoms with Crippen LogP contribution < -0.4 is 0 Å². The van der Waals surface area contributed by atoms with E-state index < -0.39 is 5.97 Å². The predicted octanol–water partition coefficient (Wildman–Crippen LogP) is 4.66. The second-order valence-corrected chi connectivity index (χ2v) is 6.07. The highest BCUT2D eigenvalue weighted by Crippen LogP contribution is 2.33. The van der Waals surface area contributed by atoms with Crippen molar-refractivity contribution in [2.75, 3.05) is 0 Å². The van der Waals surface area contributed by atoms with Crippen molar-refractivity contribution in [2.45, 2.75) is 32.1 Å². The summed E-state index contributed by atoms with van der Waals surface area (Å²) in [6.45, 7) is 0. The Hall–Kier alpha value is -1.13. The molecule has 0 radical (unpaired) electrons. The summed E-state index contributed by atoms with van der Waals surface area (Å²) in [6.07, 6.45) is 4.19. The molecule has 2 nitrogen and oxygen atoms in total. The van der Waals surface area contributed by atoms with E-state index in [4.69, 9.17) is 5.11 Å². The maximum atomic E-state index is 10.4. The van der Waals surface area contributed by atoms with Gasteiger partial charge in [-0.2, -0.15) is 0 Å². The third kappa shape index (κ3) is 3.68. The van der Waals surface area contributed by atoms with Crippen LogP contribution in [-0.2, 0) is 11.2 Å². The first-order valence-corrected chi connectivity index (χ1v) is 7.85. The van der Waals surface area contributed by atoms with E-state index in [1.165, 1.54) is 15.3 Å². The standard InChI is InChI=1S/C14H16O2S2/c15-13(16)7-3-1-2-5-11-8-10-18-14(11)12-6-4-9-17-12/h4,6,8-10H,1-3,5,7H2,(H,15,16). The largest absolute Gasteiger partial charge is 0.481 e. The number of carboxylic acid groups (broad SMARTS) is 1. The molecule has 0 spiro atoms. The molecular weight excluding hydrogens is 264 g/mol. The average Bonchev–Trinajstić information content (AvgIpc) is 2.97. The summed E-state index contributed by atoms with van der Waals surface area (Å²) in [7, 11) is 0. The second kappa shape index (κ2) is 6.71. The zero-order valence-corrected chi connectivity index (χ0v) is 11.7. The van der Waals surface area contributed by atoms with Gasteiger partial charge in [0.15, 0.2) is 0 Å². The quantitative estimate of drug-likeness (QED) is 0.749. The van der Waals surface area contributed by atoms with Crippen molar-refractivity contribution in [1.29, 1.82) is 0 Å². The lowest BCUT2D eigenvalue weighted by Crippen LogP contribution is -1.94. The fraction of sp³-hybridized carbons (Fsp3) is 0.357. The highest BCUT2D eigenvalue weighted by molar-refractivity contribution is 7.20. The molecule has 2 aromatic rings. The van der Waals surface area contributed by atoms with E-state index in [-0.39, 0.29) is 0 Å². The van der Waals surface area contributed by atoms with Crippen LogP contribution in [0, 0.1) is 0 Å². The van der Waals surface area contributed by atoms with Gasteiger partial charge in [0.1, 0.15) is 0 Å². The summed E-state index contributed by atoms with van der Waals surface area (Å²) < 4.78 is 0. The van der Waals surface area contributed by atoms with Crippen LogP contribution in [0.5, 0.6) is 0 Å². The molecule has 0 atom stereocenters. The van der Waals surface area contributed by atoms with Gasteiger partial charge in [-0.25, -0.2) is 0 Å². The molecule has 0 saturated heterocycles. The van der Waals surface area contributed by atoms with Crippen LogP contribution in [0.4, 0.5) is 0 Å². The molecular formula is C14H16O2S2. The van der Waals surface area contributed by atoms with Gasteiger partial charge in [0.2, 0.25) is 0 Å². The molecule has 4 heteroatoms. The molecule has 1 N–H and O–H groups in total. The Morgan fingerprint density at radius 1 is 1.11 bits per heavy atom. The average molecular weight is 280 g/mol. The lowest BCUT2D eigenvalue weighted by Gasteiger charge is -2.02. The van der Waals surface area contributed by atoms with E-state index in [1.54, 1.807) is 22.7 Å². The molecule has 96 valence electrons. The Morgan fingerprint density at radius 3 is 2.72 bits per heavy atom. The van der Waals surface area contributed by atoms with Crippen molar-refractivity contribution >= 4 is 28.6 Å². The molecule has 0 unspecified atom stereocenters. The van der Waals surface area contributed by atoms with Gasteiger partial charge in [-0.15, -0.1) is 22.7 Å². The summed E-state index contributed by atoms with van der Waals surface area (Å²) in [4.78, 5) is 13.1. The molecule has 2 aromatic heterocycles. The highest BCUT2D eigenvalue weighted by atomic mass is 32.1. The summed E-state index contributed by atoms with van der Waals surface area (Å²) in [5, 5.41) is 12.8. The number of aliphatic carboxylic acids is 1. The Balaban J connectivity index is 1.83. The van der Waals surface area contributed by atoms with Gasteiger partial charge in [-0.3, -0.25) is 4.79 Å². The van der Waals surface area contributed by atoms with Crippen molar-refractivity contribution in [2.24, 2.45) is 0 Å². The monoisotopic (exact) mass is 280 g/mol. The molecule has 0 aromatic carbocycles. The summed E-state index contributed by atoms with van der Waals surface area (Å²) >= 11 is 3.57. The number of rotatable bonds is 7. The summed E-state index contributed by atoms with van der Waals surface area (Å²) in [5.74, 6) is -0.690. The van der Waals surface area contributed by atoms with Gasteiger partial charge >= 0.3 is 5.97 Å². The highest BCUT2D eigenvalue weighted by Gasteiger charge is 2.07. The van der Waals surface area contributed by atoms with Crippen molar-refractivity contribution in [3.05, 3.63) is 34.5 Å². The molecule has 2 heterocycles. The Bertz CT molecular complexity index is 486. The minimum absolute atomic E-state index is 0.293. The molecule has 0 bridgehead atoms. The molecule has 0 fully saturated rings. The normalized spacial score (nSPS) is 10.7. The zero-order valence-electron chi connectivity index (χ0n) is 10.1. The minimum atomic E-state index is -0.690. The first kappa shape index (κ1) is 13.3. The van der Waals surface area contributed by atoms with E-state index in [9.17, 15) is 4.79 Å². The van der Waals surface area contributed by atoms with Crippen LogP contribution in [0.2, 0.25) is 0 Å². The van der Waals surface area contributed by atoms with Gasteiger partial charge in [0.25, 0.3) is 0 Å². The number of aryl methyl sites for hydroxylation is 1. The molecule has 0 aliphatic carbocycles. The molecule has 0 amide bonds. The van der Waals surface area contributed by atoms with Gasteiger partial charge in [0, 0.05) is 16.2 Å². The topological polar surface area (TPSA) is 37.3 Å². The molecule has 2 rings (SSSR count). The number of thiophene rings is 2. The first-order chi connectivity index (χ1) is 8.77. The van der Waals surface area contributed by atoms with Gasteiger partial charge in [-0.1, -0.05) is 12.5 Å². The van der Waals surface area contributed by atoms with Crippen LogP contribution in [0.25, 0.3) is 9.75 Å². The van der Waals surface area contributed by atoms with Crippen LogP contribution >= 0.6 is 22.7 Å². The fourth-order valence-electron chi connectivity index (χ4n) is 1.92. The second-order valence-electron chi connectivity index (χ2n) is 4.21. The predicted molar refractivity (Wildman–Crippen MR) is 77.4 cm³/mol. The Labute approximate surface area is 115 Å². The van der Waals surface area contributed by atoms with E-state index in [0.717, 1.165) is 25.7 Å². The van der Waals surface area contributed by atoms with Crippen LogP contribution in [0.3, 0.4) is 0 Å². The number of hydrogen-bond acceptors (Lipinski definition) is 3. The van der Waals surface area contributed by atoms with Crippen LogP contribution in [0.1, 0.15) is 31.2 Å². The van der Waals surface area contributed by atoms with Crippen LogP contribution in [0.15, 0.2) is 29.0 Å². The van der Waals surface area contributed by atoms with Crippen molar-refractivity contribution < 1.29 is 9.90 Å². The van der Waals surface area contributed by atoms with E-state index in [1.807, 2.05) is 0 Å². The maximum Gasteiger partial charge on any atom is 0.303 e.